The number of aryl methyl sites for hydroxylation is 1. The molecule has 0 radical (unpaired) electrons. The Morgan fingerprint density at radius 3 is 2.90 bits per heavy atom. The Bertz CT molecular complexity index is 602. The zero-order chi connectivity index (χ0) is 15.1. The minimum atomic E-state index is -0.0840. The summed E-state index contributed by atoms with van der Waals surface area (Å²) in [7, 11) is 1.74. The van der Waals surface area contributed by atoms with E-state index >= 15 is 0 Å². The minimum absolute atomic E-state index is 0.0840. The number of furan rings is 1. The SMILES string of the molecule is Cc1cccc(OCCN(C)C(=O)/C=C/c2ccco2)c1. The molecule has 0 saturated carbocycles. The summed E-state index contributed by atoms with van der Waals surface area (Å²) in [5, 5.41) is 0. The Balaban J connectivity index is 1.76. The van der Waals surface area contributed by atoms with Gasteiger partial charge in [-0.3, -0.25) is 4.79 Å². The third-order valence-electron chi connectivity index (χ3n) is 2.99. The third-order valence-corrected chi connectivity index (χ3v) is 2.99. The standard InChI is InChI=1S/C17H19NO3/c1-14-5-3-6-16(13-14)21-12-10-18(2)17(19)9-8-15-7-4-11-20-15/h3-9,11,13H,10,12H2,1-2H3/b9-8+. The van der Waals surface area contributed by atoms with Crippen LogP contribution in [0, 0.1) is 6.92 Å². The second kappa shape index (κ2) is 7.33. The Morgan fingerprint density at radius 2 is 2.19 bits per heavy atom. The van der Waals surface area contributed by atoms with Crippen molar-refractivity contribution in [1.82, 2.24) is 4.90 Å². The summed E-state index contributed by atoms with van der Waals surface area (Å²) in [6.45, 7) is 3.00. The average Bonchev–Trinajstić information content (AvgIpc) is 2.98. The van der Waals surface area contributed by atoms with Gasteiger partial charge in [0.25, 0.3) is 0 Å². The average molecular weight is 285 g/mol. The molecule has 4 heteroatoms. The topological polar surface area (TPSA) is 42.7 Å². The van der Waals surface area contributed by atoms with Crippen molar-refractivity contribution in [3.63, 3.8) is 0 Å². The van der Waals surface area contributed by atoms with Crippen molar-refractivity contribution >= 4 is 12.0 Å². The van der Waals surface area contributed by atoms with E-state index in [1.807, 2.05) is 31.2 Å². The number of carbonyl (C=O) groups excluding carboxylic acids is 1. The van der Waals surface area contributed by atoms with Gasteiger partial charge in [-0.2, -0.15) is 0 Å². The highest BCUT2D eigenvalue weighted by Crippen LogP contribution is 2.12. The molecule has 1 heterocycles. The first kappa shape index (κ1) is 14.9. The summed E-state index contributed by atoms with van der Waals surface area (Å²) < 4.78 is 10.8. The summed E-state index contributed by atoms with van der Waals surface area (Å²) in [5.74, 6) is 1.40. The van der Waals surface area contributed by atoms with Crippen LogP contribution in [-0.4, -0.2) is 31.0 Å². The highest BCUT2D eigenvalue weighted by Gasteiger charge is 2.05. The fraction of sp³-hybridized carbons (Fsp3) is 0.235. The van der Waals surface area contributed by atoms with Gasteiger partial charge < -0.3 is 14.1 Å². The fourth-order valence-corrected chi connectivity index (χ4v) is 1.78. The summed E-state index contributed by atoms with van der Waals surface area (Å²) >= 11 is 0. The zero-order valence-electron chi connectivity index (χ0n) is 12.3. The van der Waals surface area contributed by atoms with Crippen LogP contribution in [0.2, 0.25) is 0 Å². The summed E-state index contributed by atoms with van der Waals surface area (Å²) in [4.78, 5) is 13.5. The number of amides is 1. The molecule has 0 aliphatic rings. The molecule has 1 amide bonds. The van der Waals surface area contributed by atoms with Crippen molar-refractivity contribution in [2.75, 3.05) is 20.2 Å². The molecule has 0 aliphatic carbocycles. The molecular formula is C17H19NO3. The highest BCUT2D eigenvalue weighted by molar-refractivity contribution is 5.91. The van der Waals surface area contributed by atoms with Gasteiger partial charge in [0.05, 0.1) is 12.8 Å². The van der Waals surface area contributed by atoms with Crippen molar-refractivity contribution in [3.8, 4) is 5.75 Å². The van der Waals surface area contributed by atoms with Gasteiger partial charge in [-0.05, 0) is 42.8 Å². The Hall–Kier alpha value is -2.49. The van der Waals surface area contributed by atoms with Crippen molar-refractivity contribution < 1.29 is 13.9 Å². The van der Waals surface area contributed by atoms with Gasteiger partial charge in [-0.1, -0.05) is 12.1 Å². The van der Waals surface area contributed by atoms with Crippen LogP contribution in [0.4, 0.5) is 0 Å². The smallest absolute Gasteiger partial charge is 0.246 e. The molecule has 0 bridgehead atoms. The van der Waals surface area contributed by atoms with E-state index in [1.165, 1.54) is 6.08 Å². The molecule has 21 heavy (non-hydrogen) atoms. The van der Waals surface area contributed by atoms with E-state index < -0.39 is 0 Å². The largest absolute Gasteiger partial charge is 0.492 e. The van der Waals surface area contributed by atoms with Gasteiger partial charge in [0.1, 0.15) is 18.1 Å². The molecule has 0 unspecified atom stereocenters. The van der Waals surface area contributed by atoms with E-state index in [2.05, 4.69) is 0 Å². The van der Waals surface area contributed by atoms with Gasteiger partial charge in [0.15, 0.2) is 0 Å². The van der Waals surface area contributed by atoms with Gasteiger partial charge >= 0.3 is 0 Å². The lowest BCUT2D eigenvalue weighted by atomic mass is 10.2. The maximum atomic E-state index is 11.9. The molecule has 0 fully saturated rings. The first-order valence-corrected chi connectivity index (χ1v) is 6.81. The quantitative estimate of drug-likeness (QED) is 0.766. The van der Waals surface area contributed by atoms with E-state index in [1.54, 1.807) is 36.4 Å². The molecule has 4 nitrogen and oxygen atoms in total. The van der Waals surface area contributed by atoms with E-state index in [4.69, 9.17) is 9.15 Å². The molecule has 0 aliphatic heterocycles. The van der Waals surface area contributed by atoms with Gasteiger partial charge in [0, 0.05) is 13.1 Å². The van der Waals surface area contributed by atoms with Gasteiger partial charge in [0.2, 0.25) is 5.91 Å². The lowest BCUT2D eigenvalue weighted by molar-refractivity contribution is -0.125. The molecule has 1 aromatic carbocycles. The van der Waals surface area contributed by atoms with Crippen LogP contribution in [0.3, 0.4) is 0 Å². The van der Waals surface area contributed by atoms with Gasteiger partial charge in [-0.25, -0.2) is 0 Å². The maximum absolute atomic E-state index is 11.9. The molecule has 0 spiro atoms. The molecular weight excluding hydrogens is 266 g/mol. The molecule has 0 atom stereocenters. The number of benzene rings is 1. The molecule has 2 aromatic rings. The Morgan fingerprint density at radius 1 is 1.33 bits per heavy atom. The first-order valence-electron chi connectivity index (χ1n) is 6.81. The number of hydrogen-bond acceptors (Lipinski definition) is 3. The lowest BCUT2D eigenvalue weighted by Gasteiger charge is -2.15. The van der Waals surface area contributed by atoms with E-state index in [0.29, 0.717) is 18.9 Å². The van der Waals surface area contributed by atoms with Crippen LogP contribution < -0.4 is 4.74 Å². The zero-order valence-corrected chi connectivity index (χ0v) is 12.3. The predicted molar refractivity (Wildman–Crippen MR) is 82.1 cm³/mol. The number of ether oxygens (including phenoxy) is 1. The Kier molecular flexibility index (Phi) is 5.21. The number of likely N-dealkylation sites (N-methyl/N-ethyl adjacent to an activating group) is 1. The summed E-state index contributed by atoms with van der Waals surface area (Å²) in [6, 6.07) is 11.4. The van der Waals surface area contributed by atoms with Crippen molar-refractivity contribution in [3.05, 3.63) is 60.1 Å². The summed E-state index contributed by atoms with van der Waals surface area (Å²) in [6.07, 6.45) is 4.72. The van der Waals surface area contributed by atoms with Gasteiger partial charge in [-0.15, -0.1) is 0 Å². The maximum Gasteiger partial charge on any atom is 0.246 e. The normalized spacial score (nSPS) is 10.8. The predicted octanol–water partition coefficient (Wildman–Crippen LogP) is 3.14. The van der Waals surface area contributed by atoms with Crippen LogP contribution >= 0.6 is 0 Å². The van der Waals surface area contributed by atoms with Crippen LogP contribution in [0.25, 0.3) is 6.08 Å². The number of carbonyl (C=O) groups is 1. The van der Waals surface area contributed by atoms with Crippen molar-refractivity contribution in [1.29, 1.82) is 0 Å². The van der Waals surface area contributed by atoms with E-state index in [-0.39, 0.29) is 5.91 Å². The summed E-state index contributed by atoms with van der Waals surface area (Å²) in [5.41, 5.74) is 1.15. The fourth-order valence-electron chi connectivity index (χ4n) is 1.78. The molecule has 1 aromatic heterocycles. The number of hydrogen-bond donors (Lipinski definition) is 0. The number of nitrogens with zero attached hydrogens (tertiary/aromatic N) is 1. The van der Waals surface area contributed by atoms with Crippen molar-refractivity contribution in [2.45, 2.75) is 6.92 Å². The van der Waals surface area contributed by atoms with Crippen LogP contribution in [0.15, 0.2) is 53.2 Å². The third kappa shape index (κ3) is 4.84. The number of rotatable bonds is 6. The molecule has 0 saturated heterocycles. The molecule has 110 valence electrons. The highest BCUT2D eigenvalue weighted by atomic mass is 16.5. The molecule has 2 rings (SSSR count). The van der Waals surface area contributed by atoms with Crippen molar-refractivity contribution in [2.24, 2.45) is 0 Å². The van der Waals surface area contributed by atoms with Crippen LogP contribution in [0.1, 0.15) is 11.3 Å². The molecule has 0 N–H and O–H groups in total. The monoisotopic (exact) mass is 285 g/mol. The van der Waals surface area contributed by atoms with Crippen LogP contribution in [0.5, 0.6) is 5.75 Å². The second-order valence-electron chi connectivity index (χ2n) is 4.77. The minimum Gasteiger partial charge on any atom is -0.492 e. The Labute approximate surface area is 124 Å². The van der Waals surface area contributed by atoms with E-state index in [9.17, 15) is 4.79 Å². The first-order chi connectivity index (χ1) is 10.1. The van der Waals surface area contributed by atoms with E-state index in [0.717, 1.165) is 11.3 Å². The second-order valence-corrected chi connectivity index (χ2v) is 4.77. The lowest BCUT2D eigenvalue weighted by Crippen LogP contribution is -2.29. The van der Waals surface area contributed by atoms with Crippen LogP contribution in [-0.2, 0) is 4.79 Å².